The van der Waals surface area contributed by atoms with Crippen LogP contribution in [0.1, 0.15) is 44.6 Å². The van der Waals surface area contributed by atoms with Gasteiger partial charge < -0.3 is 10.6 Å². The molecular weight excluding hydrogens is 251 g/mol. The van der Waals surface area contributed by atoms with Crippen molar-refractivity contribution in [2.24, 2.45) is 11.7 Å². The highest BCUT2D eigenvalue weighted by Crippen LogP contribution is 2.33. The van der Waals surface area contributed by atoms with Gasteiger partial charge in [-0.15, -0.1) is 0 Å². The van der Waals surface area contributed by atoms with E-state index in [9.17, 15) is 4.39 Å². The summed E-state index contributed by atoms with van der Waals surface area (Å²) in [7, 11) is 2.10. The van der Waals surface area contributed by atoms with Crippen LogP contribution >= 0.6 is 0 Å². The monoisotopic (exact) mass is 278 g/mol. The van der Waals surface area contributed by atoms with E-state index in [4.69, 9.17) is 5.73 Å². The maximum Gasteiger partial charge on any atom is 0.128 e. The Bertz CT molecular complexity index is 425. The van der Waals surface area contributed by atoms with Crippen LogP contribution in [-0.2, 0) is 6.42 Å². The van der Waals surface area contributed by atoms with Crippen LogP contribution in [0.4, 0.5) is 10.1 Å². The molecule has 1 aliphatic rings. The van der Waals surface area contributed by atoms with Crippen LogP contribution < -0.4 is 10.6 Å². The highest BCUT2D eigenvalue weighted by molar-refractivity contribution is 5.54. The number of nitrogens with zero attached hydrogens (tertiary/aromatic N) is 1. The summed E-state index contributed by atoms with van der Waals surface area (Å²) in [5.74, 6) is 0.762. The summed E-state index contributed by atoms with van der Waals surface area (Å²) in [4.78, 5) is 2.28. The van der Waals surface area contributed by atoms with Gasteiger partial charge >= 0.3 is 0 Å². The SMILES string of the molecule is CCC1CCC(N(C)c2cccc(F)c2CCN)CC1. The number of hydrogen-bond acceptors (Lipinski definition) is 2. The first-order valence-corrected chi connectivity index (χ1v) is 7.87. The molecule has 1 aliphatic carbocycles. The van der Waals surface area contributed by atoms with Gasteiger partial charge in [0.05, 0.1) is 0 Å². The third-order valence-electron chi connectivity index (χ3n) is 4.81. The van der Waals surface area contributed by atoms with E-state index in [0.717, 1.165) is 17.2 Å². The normalized spacial score (nSPS) is 22.8. The molecule has 1 saturated carbocycles. The second kappa shape index (κ2) is 7.07. The predicted octanol–water partition coefficient (Wildman–Crippen LogP) is 3.73. The van der Waals surface area contributed by atoms with E-state index in [1.165, 1.54) is 38.2 Å². The molecule has 1 aromatic rings. The molecule has 0 aliphatic heterocycles. The van der Waals surface area contributed by atoms with Gasteiger partial charge in [0.25, 0.3) is 0 Å². The molecule has 1 aromatic carbocycles. The lowest BCUT2D eigenvalue weighted by molar-refractivity contribution is 0.313. The Hall–Kier alpha value is -1.09. The number of rotatable bonds is 5. The maximum absolute atomic E-state index is 14.0. The predicted molar refractivity (Wildman–Crippen MR) is 83.6 cm³/mol. The molecule has 0 spiro atoms. The fourth-order valence-electron chi connectivity index (χ4n) is 3.41. The Labute approximate surface area is 122 Å². The van der Waals surface area contributed by atoms with Crippen molar-refractivity contribution < 1.29 is 4.39 Å². The molecule has 0 unspecified atom stereocenters. The molecule has 0 aromatic heterocycles. The van der Waals surface area contributed by atoms with Gasteiger partial charge in [-0.25, -0.2) is 4.39 Å². The van der Waals surface area contributed by atoms with Gasteiger partial charge in [0.2, 0.25) is 0 Å². The van der Waals surface area contributed by atoms with Gasteiger partial charge in [0, 0.05) is 24.3 Å². The van der Waals surface area contributed by atoms with E-state index in [0.29, 0.717) is 19.0 Å². The van der Waals surface area contributed by atoms with Crippen LogP contribution in [-0.4, -0.2) is 19.6 Å². The van der Waals surface area contributed by atoms with E-state index in [1.54, 1.807) is 6.07 Å². The average molecular weight is 278 g/mol. The number of nitrogens with two attached hydrogens (primary N) is 1. The van der Waals surface area contributed by atoms with Crippen molar-refractivity contribution in [3.63, 3.8) is 0 Å². The number of halogens is 1. The molecule has 3 heteroatoms. The van der Waals surface area contributed by atoms with Crippen molar-refractivity contribution in [3.8, 4) is 0 Å². The zero-order valence-electron chi connectivity index (χ0n) is 12.7. The fourth-order valence-corrected chi connectivity index (χ4v) is 3.41. The molecule has 0 amide bonds. The van der Waals surface area contributed by atoms with Gasteiger partial charge in [0.15, 0.2) is 0 Å². The summed E-state index contributed by atoms with van der Waals surface area (Å²) < 4.78 is 14.0. The van der Waals surface area contributed by atoms with Crippen molar-refractivity contribution >= 4 is 5.69 Å². The zero-order chi connectivity index (χ0) is 14.5. The first-order valence-electron chi connectivity index (χ1n) is 7.87. The third-order valence-corrected chi connectivity index (χ3v) is 4.81. The molecule has 1 fully saturated rings. The van der Waals surface area contributed by atoms with E-state index < -0.39 is 0 Å². The summed E-state index contributed by atoms with van der Waals surface area (Å²) in [5.41, 5.74) is 7.42. The average Bonchev–Trinajstić information content (AvgIpc) is 2.49. The number of benzene rings is 1. The largest absolute Gasteiger partial charge is 0.371 e. The van der Waals surface area contributed by atoms with Crippen molar-refractivity contribution in [2.75, 3.05) is 18.5 Å². The van der Waals surface area contributed by atoms with E-state index in [2.05, 4.69) is 18.9 Å². The Kier molecular flexibility index (Phi) is 5.41. The second-order valence-electron chi connectivity index (χ2n) is 5.97. The molecule has 0 radical (unpaired) electrons. The lowest BCUT2D eigenvalue weighted by Crippen LogP contribution is -2.36. The molecule has 112 valence electrons. The fraction of sp³-hybridized carbons (Fsp3) is 0.647. The Morgan fingerprint density at radius 2 is 1.95 bits per heavy atom. The standard InChI is InChI=1S/C17H27FN2/c1-3-13-7-9-14(10-8-13)20(2)17-6-4-5-16(18)15(17)11-12-19/h4-6,13-14H,3,7-12,19H2,1-2H3. The van der Waals surface area contributed by atoms with Gasteiger partial charge in [-0.1, -0.05) is 19.4 Å². The molecule has 2 N–H and O–H groups in total. The molecule has 0 heterocycles. The van der Waals surface area contributed by atoms with E-state index in [-0.39, 0.29) is 5.82 Å². The first kappa shape index (κ1) is 15.3. The summed E-state index contributed by atoms with van der Waals surface area (Å²) >= 11 is 0. The zero-order valence-corrected chi connectivity index (χ0v) is 12.7. The van der Waals surface area contributed by atoms with Crippen molar-refractivity contribution in [2.45, 2.75) is 51.5 Å². The lowest BCUT2D eigenvalue weighted by atomic mass is 9.84. The molecule has 0 atom stereocenters. The Balaban J connectivity index is 2.13. The highest BCUT2D eigenvalue weighted by atomic mass is 19.1. The van der Waals surface area contributed by atoms with Crippen LogP contribution in [0.3, 0.4) is 0 Å². The summed E-state index contributed by atoms with van der Waals surface area (Å²) in [5, 5.41) is 0. The molecule has 20 heavy (non-hydrogen) atoms. The van der Waals surface area contributed by atoms with Crippen LogP contribution in [0.5, 0.6) is 0 Å². The van der Waals surface area contributed by atoms with Crippen molar-refractivity contribution in [1.82, 2.24) is 0 Å². The topological polar surface area (TPSA) is 29.3 Å². The lowest BCUT2D eigenvalue weighted by Gasteiger charge is -2.36. The van der Waals surface area contributed by atoms with E-state index >= 15 is 0 Å². The van der Waals surface area contributed by atoms with Crippen molar-refractivity contribution in [3.05, 3.63) is 29.6 Å². The smallest absolute Gasteiger partial charge is 0.128 e. The first-order chi connectivity index (χ1) is 9.67. The summed E-state index contributed by atoms with van der Waals surface area (Å²) in [6, 6.07) is 5.91. The van der Waals surface area contributed by atoms with Crippen LogP contribution in [0.25, 0.3) is 0 Å². The molecule has 0 saturated heterocycles. The Morgan fingerprint density at radius 3 is 2.55 bits per heavy atom. The van der Waals surface area contributed by atoms with Crippen LogP contribution in [0, 0.1) is 11.7 Å². The van der Waals surface area contributed by atoms with Gasteiger partial charge in [-0.2, -0.15) is 0 Å². The minimum absolute atomic E-state index is 0.123. The minimum atomic E-state index is -0.123. The van der Waals surface area contributed by atoms with Crippen molar-refractivity contribution in [1.29, 1.82) is 0 Å². The number of anilines is 1. The van der Waals surface area contributed by atoms with Gasteiger partial charge in [-0.05, 0) is 56.7 Å². The molecule has 0 bridgehead atoms. The molecule has 2 rings (SSSR count). The van der Waals surface area contributed by atoms with Crippen LogP contribution in [0.15, 0.2) is 18.2 Å². The van der Waals surface area contributed by atoms with Gasteiger partial charge in [-0.3, -0.25) is 0 Å². The van der Waals surface area contributed by atoms with E-state index in [1.807, 2.05) is 6.07 Å². The minimum Gasteiger partial charge on any atom is -0.371 e. The summed E-state index contributed by atoms with van der Waals surface area (Å²) in [6.07, 6.45) is 6.92. The third kappa shape index (κ3) is 3.32. The highest BCUT2D eigenvalue weighted by Gasteiger charge is 2.24. The quantitative estimate of drug-likeness (QED) is 0.889. The summed E-state index contributed by atoms with van der Waals surface area (Å²) in [6.45, 7) is 2.77. The molecule has 2 nitrogen and oxygen atoms in total. The second-order valence-corrected chi connectivity index (χ2v) is 5.97. The Morgan fingerprint density at radius 1 is 1.25 bits per heavy atom. The van der Waals surface area contributed by atoms with Crippen LogP contribution in [0.2, 0.25) is 0 Å². The van der Waals surface area contributed by atoms with Gasteiger partial charge in [0.1, 0.15) is 5.82 Å². The number of hydrogen-bond donors (Lipinski definition) is 1. The maximum atomic E-state index is 14.0. The molecular formula is C17H27FN2.